The summed E-state index contributed by atoms with van der Waals surface area (Å²) in [6.45, 7) is 3.77. The molecule has 0 aliphatic rings. The largest absolute Gasteiger partial charge is 0.496 e. The molecule has 2 heteroatoms. The summed E-state index contributed by atoms with van der Waals surface area (Å²) in [5.41, 5.74) is 3.02. The Bertz CT molecular complexity index is 1030. The Kier molecular flexibility index (Phi) is 6.01. The summed E-state index contributed by atoms with van der Waals surface area (Å²) in [6, 6.07) is 20.2. The number of hydrogen-bond donors (Lipinski definition) is 0. The van der Waals surface area contributed by atoms with Crippen LogP contribution in [0.25, 0.3) is 22.9 Å². The summed E-state index contributed by atoms with van der Waals surface area (Å²) in [4.78, 5) is 12.2. The minimum Gasteiger partial charge on any atom is -0.496 e. The highest BCUT2D eigenvalue weighted by molar-refractivity contribution is 6.04. The van der Waals surface area contributed by atoms with Gasteiger partial charge < -0.3 is 4.74 Å². The predicted octanol–water partition coefficient (Wildman–Crippen LogP) is 5.87. The number of carbonyl (C=O) groups is 1. The lowest BCUT2D eigenvalue weighted by molar-refractivity contribution is -0.110. The lowest BCUT2D eigenvalue weighted by atomic mass is 10.1. The maximum atomic E-state index is 12.2. The van der Waals surface area contributed by atoms with Gasteiger partial charge in [0.2, 0.25) is 0 Å². The maximum absolute atomic E-state index is 12.2. The van der Waals surface area contributed by atoms with Gasteiger partial charge in [-0.2, -0.15) is 0 Å². The molecule has 3 aromatic carbocycles. The molecule has 0 saturated heterocycles. The molecule has 0 saturated carbocycles. The first kappa shape index (κ1) is 18.4. The Labute approximate surface area is 160 Å². The van der Waals surface area contributed by atoms with Gasteiger partial charge in [-0.1, -0.05) is 60.7 Å². The number of ether oxygens (including phenoxy) is 1. The molecule has 134 valence electrons. The molecule has 0 spiro atoms. The number of benzene rings is 3. The summed E-state index contributed by atoms with van der Waals surface area (Å²) >= 11 is 0. The number of allylic oxidation sites excluding steroid dienone is 3. The van der Waals surface area contributed by atoms with Crippen molar-refractivity contribution >= 4 is 28.7 Å². The molecule has 2 nitrogen and oxygen atoms in total. The molecule has 0 aliphatic heterocycles. The van der Waals surface area contributed by atoms with Gasteiger partial charge in [-0.15, -0.1) is 6.58 Å². The summed E-state index contributed by atoms with van der Waals surface area (Å²) in [6.07, 6.45) is 9.39. The Morgan fingerprint density at radius 2 is 1.59 bits per heavy atom. The quantitative estimate of drug-likeness (QED) is 0.392. The Balaban J connectivity index is 1.71. The average molecular weight is 354 g/mol. The van der Waals surface area contributed by atoms with Gasteiger partial charge in [-0.3, -0.25) is 4.79 Å². The number of ketones is 1. The summed E-state index contributed by atoms with van der Waals surface area (Å²) in [5, 5.41) is 2.35. The topological polar surface area (TPSA) is 26.3 Å². The maximum Gasteiger partial charge on any atom is 0.178 e. The standard InChI is InChI=1S/C25H22O2/c1-3-6-23-18-20(12-16-25(23)27-2)11-15-24(26)14-10-19-9-13-21-7-4-5-8-22(21)17-19/h3-5,7-18H,1,6H2,2H3/b14-10+,15-11+. The van der Waals surface area contributed by atoms with Crippen LogP contribution in [-0.2, 0) is 11.2 Å². The normalized spacial score (nSPS) is 11.3. The third-order valence-electron chi connectivity index (χ3n) is 4.32. The molecule has 0 amide bonds. The first-order valence-electron chi connectivity index (χ1n) is 8.86. The van der Waals surface area contributed by atoms with Crippen LogP contribution in [-0.4, -0.2) is 12.9 Å². The molecule has 27 heavy (non-hydrogen) atoms. The first-order valence-corrected chi connectivity index (χ1v) is 8.86. The van der Waals surface area contributed by atoms with Gasteiger partial charge in [0.05, 0.1) is 7.11 Å². The number of fused-ring (bicyclic) bond motifs is 1. The van der Waals surface area contributed by atoms with Crippen LogP contribution < -0.4 is 4.74 Å². The molecule has 0 N–H and O–H groups in total. The number of carbonyl (C=O) groups excluding carboxylic acids is 1. The highest BCUT2D eigenvalue weighted by atomic mass is 16.5. The minimum absolute atomic E-state index is 0.0516. The second kappa shape index (κ2) is 8.81. The van der Waals surface area contributed by atoms with Crippen LogP contribution in [0.15, 0.2) is 85.5 Å². The van der Waals surface area contributed by atoms with Crippen LogP contribution >= 0.6 is 0 Å². The van der Waals surface area contributed by atoms with E-state index in [0.29, 0.717) is 0 Å². The van der Waals surface area contributed by atoms with E-state index in [1.165, 1.54) is 5.39 Å². The van der Waals surface area contributed by atoms with Gasteiger partial charge in [0.25, 0.3) is 0 Å². The third-order valence-corrected chi connectivity index (χ3v) is 4.32. The highest BCUT2D eigenvalue weighted by Gasteiger charge is 2.02. The van der Waals surface area contributed by atoms with Gasteiger partial charge in [-0.25, -0.2) is 0 Å². The van der Waals surface area contributed by atoms with E-state index in [-0.39, 0.29) is 5.78 Å². The summed E-state index contributed by atoms with van der Waals surface area (Å²) in [5.74, 6) is 0.777. The second-order valence-electron chi connectivity index (χ2n) is 6.24. The molecule has 0 radical (unpaired) electrons. The average Bonchev–Trinajstić information content (AvgIpc) is 2.71. The number of hydrogen-bond acceptors (Lipinski definition) is 2. The molecule has 0 fully saturated rings. The SMILES string of the molecule is C=CCc1cc(/C=C/C(=O)/C=C/c2ccc3ccccc3c2)ccc1OC. The van der Waals surface area contributed by atoms with Gasteiger partial charge in [0.1, 0.15) is 5.75 Å². The van der Waals surface area contributed by atoms with Crippen molar-refractivity contribution in [3.05, 3.63) is 102 Å². The van der Waals surface area contributed by atoms with E-state index < -0.39 is 0 Å². The number of methoxy groups -OCH3 is 1. The van der Waals surface area contributed by atoms with E-state index in [4.69, 9.17) is 4.74 Å². The van der Waals surface area contributed by atoms with Crippen molar-refractivity contribution < 1.29 is 9.53 Å². The molecule has 0 aliphatic carbocycles. The van der Waals surface area contributed by atoms with Crippen LogP contribution in [0.3, 0.4) is 0 Å². The molecule has 3 aromatic rings. The third kappa shape index (κ3) is 4.83. The fraction of sp³-hybridized carbons (Fsp3) is 0.0800. The fourth-order valence-corrected chi connectivity index (χ4v) is 2.94. The van der Waals surface area contributed by atoms with E-state index in [0.717, 1.165) is 34.2 Å². The molecular weight excluding hydrogens is 332 g/mol. The van der Waals surface area contributed by atoms with Crippen LogP contribution in [0.2, 0.25) is 0 Å². The fourth-order valence-electron chi connectivity index (χ4n) is 2.94. The van der Waals surface area contributed by atoms with Crippen LogP contribution in [0.4, 0.5) is 0 Å². The molecule has 0 atom stereocenters. The van der Waals surface area contributed by atoms with Gasteiger partial charge in [0, 0.05) is 0 Å². The van der Waals surface area contributed by atoms with Crippen molar-refractivity contribution in [3.63, 3.8) is 0 Å². The van der Waals surface area contributed by atoms with Crippen molar-refractivity contribution in [2.24, 2.45) is 0 Å². The second-order valence-corrected chi connectivity index (χ2v) is 6.24. The lowest BCUT2D eigenvalue weighted by Gasteiger charge is -2.07. The Hall–Kier alpha value is -3.39. The monoisotopic (exact) mass is 354 g/mol. The van der Waals surface area contributed by atoms with Crippen molar-refractivity contribution in [3.8, 4) is 5.75 Å². The van der Waals surface area contributed by atoms with E-state index in [1.54, 1.807) is 19.3 Å². The van der Waals surface area contributed by atoms with Crippen molar-refractivity contribution in [1.29, 1.82) is 0 Å². The van der Waals surface area contributed by atoms with Crippen LogP contribution in [0.5, 0.6) is 5.75 Å². The van der Waals surface area contributed by atoms with Gasteiger partial charge in [0.15, 0.2) is 5.78 Å². The molecular formula is C25H22O2. The van der Waals surface area contributed by atoms with E-state index >= 15 is 0 Å². The van der Waals surface area contributed by atoms with Crippen molar-refractivity contribution in [2.45, 2.75) is 6.42 Å². The molecule has 0 aromatic heterocycles. The summed E-state index contributed by atoms with van der Waals surface area (Å²) < 4.78 is 5.35. The van der Waals surface area contributed by atoms with E-state index in [1.807, 2.05) is 54.6 Å². The van der Waals surface area contributed by atoms with Gasteiger partial charge >= 0.3 is 0 Å². The Morgan fingerprint density at radius 3 is 2.30 bits per heavy atom. The minimum atomic E-state index is -0.0516. The molecule has 0 unspecified atom stereocenters. The summed E-state index contributed by atoms with van der Waals surface area (Å²) in [7, 11) is 1.65. The van der Waals surface area contributed by atoms with Gasteiger partial charge in [-0.05, 0) is 64.2 Å². The molecule has 0 heterocycles. The van der Waals surface area contributed by atoms with E-state index in [9.17, 15) is 4.79 Å². The van der Waals surface area contributed by atoms with Crippen LogP contribution in [0, 0.1) is 0 Å². The predicted molar refractivity (Wildman–Crippen MR) is 114 cm³/mol. The van der Waals surface area contributed by atoms with Crippen LogP contribution in [0.1, 0.15) is 16.7 Å². The first-order chi connectivity index (χ1) is 13.2. The molecule has 3 rings (SSSR count). The zero-order valence-electron chi connectivity index (χ0n) is 15.4. The lowest BCUT2D eigenvalue weighted by Crippen LogP contribution is -1.92. The number of rotatable bonds is 7. The van der Waals surface area contributed by atoms with E-state index in [2.05, 4.69) is 30.8 Å². The van der Waals surface area contributed by atoms with Crippen molar-refractivity contribution in [1.82, 2.24) is 0 Å². The Morgan fingerprint density at radius 1 is 0.926 bits per heavy atom. The van der Waals surface area contributed by atoms with Crippen molar-refractivity contribution in [2.75, 3.05) is 7.11 Å². The highest BCUT2D eigenvalue weighted by Crippen LogP contribution is 2.21. The molecule has 0 bridgehead atoms. The zero-order valence-corrected chi connectivity index (χ0v) is 15.4. The smallest absolute Gasteiger partial charge is 0.178 e. The zero-order chi connectivity index (χ0) is 19.1.